The van der Waals surface area contributed by atoms with Crippen molar-refractivity contribution in [2.24, 2.45) is 7.05 Å². The van der Waals surface area contributed by atoms with Crippen LogP contribution < -0.4 is 28.5 Å². The summed E-state index contributed by atoms with van der Waals surface area (Å²) in [6.07, 6.45) is 2.98. The Labute approximate surface area is 103 Å². The molecule has 0 bridgehead atoms. The van der Waals surface area contributed by atoms with E-state index in [2.05, 4.69) is 0 Å². The first kappa shape index (κ1) is 14.1. The molecule has 0 unspecified atom stereocenters. The molecule has 14 heavy (non-hydrogen) atoms. The molecule has 0 spiro atoms. The number of nitrogens with zero attached hydrogens (tertiary/aromatic N) is 2. The highest BCUT2D eigenvalue weighted by atomic mass is 127. The summed E-state index contributed by atoms with van der Waals surface area (Å²) in [7, 11) is 1.46. The van der Waals surface area contributed by atoms with Crippen molar-refractivity contribution in [1.29, 1.82) is 0 Å². The van der Waals surface area contributed by atoms with Gasteiger partial charge in [-0.1, -0.05) is 0 Å². The Hall–Kier alpha value is 0.140. The molecule has 1 aromatic heterocycles. The van der Waals surface area contributed by atoms with E-state index in [1.165, 1.54) is 17.8 Å². The maximum absolute atomic E-state index is 12.8. The fourth-order valence-corrected chi connectivity index (χ4v) is 0.967. The Morgan fingerprint density at radius 1 is 1.29 bits per heavy atom. The Morgan fingerprint density at radius 3 is 2.07 bits per heavy atom. The van der Waals surface area contributed by atoms with Crippen LogP contribution in [0.15, 0.2) is 18.7 Å². The van der Waals surface area contributed by atoms with Gasteiger partial charge in [0.2, 0.25) is 6.33 Å². The van der Waals surface area contributed by atoms with Crippen molar-refractivity contribution in [3.8, 4) is 0 Å². The lowest BCUT2D eigenvalue weighted by molar-refractivity contribution is -0.671. The van der Waals surface area contributed by atoms with Gasteiger partial charge in [-0.15, -0.1) is 0 Å². The van der Waals surface area contributed by atoms with E-state index < -0.39 is 10.9 Å². The lowest BCUT2D eigenvalue weighted by Crippen LogP contribution is -3.00. The van der Waals surface area contributed by atoms with Crippen LogP contribution in [0.4, 0.5) is 17.6 Å². The van der Waals surface area contributed by atoms with Gasteiger partial charge in [0.15, 0.2) is 0 Å². The van der Waals surface area contributed by atoms with Crippen LogP contribution in [0.5, 0.6) is 0 Å². The van der Waals surface area contributed by atoms with Gasteiger partial charge in [-0.25, -0.2) is 4.57 Å². The molecule has 0 aliphatic heterocycles. The zero-order valence-corrected chi connectivity index (χ0v) is 10.6. The van der Waals surface area contributed by atoms with E-state index in [-0.39, 0.29) is 28.5 Å². The highest BCUT2D eigenvalue weighted by Crippen LogP contribution is 2.42. The van der Waals surface area contributed by atoms with Crippen molar-refractivity contribution in [1.82, 2.24) is 4.57 Å². The first-order chi connectivity index (χ1) is 5.75. The number of rotatable bonds is 2. The molecule has 0 N–H and O–H groups in total. The molecule has 1 aromatic rings. The van der Waals surface area contributed by atoms with Gasteiger partial charge in [-0.05, 0) is 0 Å². The molecular formula is C6H6BrF4IN2. The minimum Gasteiger partial charge on any atom is -1.00 e. The molecule has 1 rings (SSSR count). The summed E-state index contributed by atoms with van der Waals surface area (Å²) in [5, 5.41) is 0. The lowest BCUT2D eigenvalue weighted by Gasteiger charge is -2.16. The molecule has 0 aliphatic carbocycles. The number of hydrogen-bond donors (Lipinski definition) is 0. The number of imidazole rings is 1. The van der Waals surface area contributed by atoms with Crippen molar-refractivity contribution in [2.75, 3.05) is 0 Å². The number of aryl methyl sites for hydroxylation is 1. The molecule has 82 valence electrons. The summed E-state index contributed by atoms with van der Waals surface area (Å²) in [5.74, 6) is 0. The monoisotopic (exact) mass is 388 g/mol. The summed E-state index contributed by atoms with van der Waals surface area (Å²) < 4.78 is 51.7. The quantitative estimate of drug-likeness (QED) is 0.262. The second kappa shape index (κ2) is 4.33. The van der Waals surface area contributed by atoms with Crippen LogP contribution in [0.2, 0.25) is 0 Å². The molecule has 0 saturated carbocycles. The molecule has 0 saturated heterocycles. The van der Waals surface area contributed by atoms with Crippen LogP contribution in [0.1, 0.15) is 0 Å². The minimum atomic E-state index is -4.27. The first-order valence-electron chi connectivity index (χ1n) is 3.23. The summed E-state index contributed by atoms with van der Waals surface area (Å²) in [4.78, 5) is -4.26. The zero-order chi connectivity index (χ0) is 10.3. The molecule has 0 atom stereocenters. The van der Waals surface area contributed by atoms with E-state index in [4.69, 9.17) is 0 Å². The summed E-state index contributed by atoms with van der Waals surface area (Å²) in [6.45, 7) is 0. The van der Waals surface area contributed by atoms with Crippen LogP contribution in [0.3, 0.4) is 0 Å². The second-order valence-corrected chi connectivity index (χ2v) is 3.52. The van der Waals surface area contributed by atoms with Gasteiger partial charge in [-0.3, -0.25) is 0 Å². The van der Waals surface area contributed by atoms with Crippen molar-refractivity contribution in [3.05, 3.63) is 18.7 Å². The van der Waals surface area contributed by atoms with Gasteiger partial charge in [0, 0.05) is 15.9 Å². The molecule has 8 heteroatoms. The molecule has 0 fully saturated rings. The summed E-state index contributed by atoms with van der Waals surface area (Å²) in [6, 6.07) is -4.27. The fourth-order valence-electron chi connectivity index (χ4n) is 0.763. The Morgan fingerprint density at radius 2 is 1.79 bits per heavy atom. The van der Waals surface area contributed by atoms with E-state index in [1.54, 1.807) is 15.9 Å². The van der Waals surface area contributed by atoms with E-state index in [0.717, 1.165) is 12.5 Å². The third-order valence-corrected chi connectivity index (χ3v) is 1.91. The maximum atomic E-state index is 12.8. The van der Waals surface area contributed by atoms with E-state index in [0.29, 0.717) is 0 Å². The van der Waals surface area contributed by atoms with Gasteiger partial charge in [0.05, 0.1) is 7.05 Å². The minimum absolute atomic E-state index is 0. The average molecular weight is 389 g/mol. The molecule has 2 nitrogen and oxygen atoms in total. The van der Waals surface area contributed by atoms with E-state index in [1.807, 2.05) is 0 Å². The maximum Gasteiger partial charge on any atom is 0.473 e. The predicted molar refractivity (Wildman–Crippen MR) is 39.7 cm³/mol. The van der Waals surface area contributed by atoms with Crippen LogP contribution in [0, 0.1) is 0 Å². The van der Waals surface area contributed by atoms with Gasteiger partial charge >= 0.3 is 10.9 Å². The van der Waals surface area contributed by atoms with Gasteiger partial charge in [0.25, 0.3) is 0 Å². The Kier molecular flexibility index (Phi) is 4.38. The largest absolute Gasteiger partial charge is 1.00 e. The van der Waals surface area contributed by atoms with Crippen molar-refractivity contribution >= 4 is 15.9 Å². The van der Waals surface area contributed by atoms with E-state index in [9.17, 15) is 17.6 Å². The molecule has 0 radical (unpaired) electrons. The molecular weight excluding hydrogens is 383 g/mol. The molecule has 0 aromatic carbocycles. The van der Waals surface area contributed by atoms with Crippen molar-refractivity contribution in [3.63, 3.8) is 0 Å². The third-order valence-electron chi connectivity index (χ3n) is 1.43. The van der Waals surface area contributed by atoms with Crippen LogP contribution in [0.25, 0.3) is 0 Å². The summed E-state index contributed by atoms with van der Waals surface area (Å²) >= 11 is 1.63. The van der Waals surface area contributed by atoms with Crippen LogP contribution in [-0.2, 0) is 13.1 Å². The van der Waals surface area contributed by atoms with Gasteiger partial charge in [0.1, 0.15) is 12.4 Å². The first-order valence-corrected chi connectivity index (χ1v) is 4.02. The SMILES string of the molecule is C[n+]1ccn(C(F)(F)C(F)(F)Br)c1.[I-]. The predicted octanol–water partition coefficient (Wildman–Crippen LogP) is -1.15. The normalized spacial score (nSPS) is 12.4. The Bertz CT molecular complexity index is 309. The smallest absolute Gasteiger partial charge is 0.473 e. The lowest BCUT2D eigenvalue weighted by atomic mass is 10.5. The number of halogens is 6. The molecule has 0 aliphatic rings. The summed E-state index contributed by atoms with van der Waals surface area (Å²) in [5.41, 5.74) is 0. The zero-order valence-electron chi connectivity index (χ0n) is 6.89. The number of aromatic nitrogens is 2. The van der Waals surface area contributed by atoms with Gasteiger partial charge < -0.3 is 24.0 Å². The second-order valence-electron chi connectivity index (χ2n) is 2.53. The average Bonchev–Trinajstić information content (AvgIpc) is 2.33. The highest BCUT2D eigenvalue weighted by Gasteiger charge is 2.60. The molecule has 1 heterocycles. The van der Waals surface area contributed by atoms with Crippen molar-refractivity contribution in [2.45, 2.75) is 10.9 Å². The third kappa shape index (κ3) is 2.59. The topological polar surface area (TPSA) is 8.81 Å². The van der Waals surface area contributed by atoms with Crippen LogP contribution in [-0.4, -0.2) is 9.40 Å². The van der Waals surface area contributed by atoms with Gasteiger partial charge in [-0.2, -0.15) is 22.1 Å². The van der Waals surface area contributed by atoms with Crippen molar-refractivity contribution < 1.29 is 46.1 Å². The fraction of sp³-hybridized carbons (Fsp3) is 0.500. The van der Waals surface area contributed by atoms with Crippen LogP contribution >= 0.6 is 15.9 Å². The highest BCUT2D eigenvalue weighted by molar-refractivity contribution is 9.10. The van der Waals surface area contributed by atoms with E-state index >= 15 is 0 Å². The molecule has 0 amide bonds. The number of alkyl halides is 5. The Balaban J connectivity index is 0.00000169. The number of hydrogen-bond acceptors (Lipinski definition) is 0. The standard InChI is InChI=1S/C6H6BrF4N2.HI/c1-12-2-3-13(4-12)6(10,11)5(7,8)9;/h2-4H,1H3;1H/q+1;/p-1.